The van der Waals surface area contributed by atoms with Crippen LogP contribution in [-0.2, 0) is 16.5 Å². The fourth-order valence-electron chi connectivity index (χ4n) is 3.92. The van der Waals surface area contributed by atoms with E-state index >= 15 is 0 Å². The van der Waals surface area contributed by atoms with Crippen LogP contribution in [0.3, 0.4) is 0 Å². The molecule has 154 valence electrons. The van der Waals surface area contributed by atoms with Gasteiger partial charge in [0.1, 0.15) is 4.90 Å². The van der Waals surface area contributed by atoms with Gasteiger partial charge in [0.2, 0.25) is 0 Å². The quantitative estimate of drug-likeness (QED) is 0.327. The zero-order valence-corrected chi connectivity index (χ0v) is 18.3. The summed E-state index contributed by atoms with van der Waals surface area (Å²) in [5.41, 5.74) is 3.74. The summed E-state index contributed by atoms with van der Waals surface area (Å²) < 4.78 is 35.0. The van der Waals surface area contributed by atoms with Crippen LogP contribution in [0.1, 0.15) is 50.7 Å². The minimum atomic E-state index is -4.35. The van der Waals surface area contributed by atoms with E-state index in [-0.39, 0.29) is 4.90 Å². The molecule has 0 aliphatic heterocycles. The van der Waals surface area contributed by atoms with Crippen LogP contribution in [0, 0.1) is 12.8 Å². The molecule has 1 N–H and O–H groups in total. The smallest absolute Gasteiger partial charge is 0.282 e. The molecule has 3 aromatic rings. The largest absolute Gasteiger partial charge is 0.295 e. The van der Waals surface area contributed by atoms with E-state index in [1.807, 2.05) is 49.4 Å². The lowest BCUT2D eigenvalue weighted by molar-refractivity contribution is 0.482. The highest BCUT2D eigenvalue weighted by Gasteiger charge is 2.23. The summed E-state index contributed by atoms with van der Waals surface area (Å²) in [6.07, 6.45) is 4.87. The molecule has 0 radical (unpaired) electrons. The molecule has 4 heteroatoms. The first-order valence-corrected chi connectivity index (χ1v) is 11.8. The molecule has 0 heterocycles. The Labute approximate surface area is 174 Å². The van der Waals surface area contributed by atoms with E-state index in [9.17, 15) is 13.0 Å². The standard InChI is InChI=1S/C25H30O3S/c1-18(2)9-5-4-6-12-23-24(20-15-13-19(3)14-16-20)17-21-10-7-8-11-22(21)25(23)29(26,27)28/h7-8,10-11,13-18H,4-6,9,12H2,1-3H3,(H,26,27,28). The first-order chi connectivity index (χ1) is 13.8. The summed E-state index contributed by atoms with van der Waals surface area (Å²) in [5.74, 6) is 0.673. The Balaban J connectivity index is 2.12. The normalized spacial score (nSPS) is 12.0. The maximum Gasteiger partial charge on any atom is 0.295 e. The van der Waals surface area contributed by atoms with Gasteiger partial charge < -0.3 is 0 Å². The molecule has 0 spiro atoms. The lowest BCUT2D eigenvalue weighted by Gasteiger charge is -2.17. The van der Waals surface area contributed by atoms with Crippen LogP contribution < -0.4 is 0 Å². The third-order valence-corrected chi connectivity index (χ3v) is 6.42. The van der Waals surface area contributed by atoms with Gasteiger partial charge in [0.25, 0.3) is 10.1 Å². The molecule has 3 aromatic carbocycles. The summed E-state index contributed by atoms with van der Waals surface area (Å²) in [6, 6.07) is 17.5. The van der Waals surface area contributed by atoms with Gasteiger partial charge in [-0.3, -0.25) is 4.55 Å². The van der Waals surface area contributed by atoms with Gasteiger partial charge in [0.05, 0.1) is 0 Å². The predicted molar refractivity (Wildman–Crippen MR) is 121 cm³/mol. The molecule has 0 saturated carbocycles. The predicted octanol–water partition coefficient (Wildman–Crippen LogP) is 6.82. The number of hydrogen-bond donors (Lipinski definition) is 1. The van der Waals surface area contributed by atoms with Gasteiger partial charge in [0, 0.05) is 5.39 Å². The van der Waals surface area contributed by atoms with Crippen molar-refractivity contribution in [1.82, 2.24) is 0 Å². The van der Waals surface area contributed by atoms with Gasteiger partial charge in [-0.1, -0.05) is 87.2 Å². The summed E-state index contributed by atoms with van der Waals surface area (Å²) >= 11 is 0. The highest BCUT2D eigenvalue weighted by Crippen LogP contribution is 2.36. The highest BCUT2D eigenvalue weighted by molar-refractivity contribution is 7.86. The maximum atomic E-state index is 12.4. The Morgan fingerprint density at radius 2 is 1.62 bits per heavy atom. The van der Waals surface area contributed by atoms with Crippen molar-refractivity contribution in [3.8, 4) is 11.1 Å². The van der Waals surface area contributed by atoms with Gasteiger partial charge in [-0.2, -0.15) is 8.42 Å². The first kappa shape index (κ1) is 21.5. The van der Waals surface area contributed by atoms with Crippen molar-refractivity contribution in [2.45, 2.75) is 57.8 Å². The van der Waals surface area contributed by atoms with Crippen molar-refractivity contribution in [2.24, 2.45) is 5.92 Å². The molecule has 3 nitrogen and oxygen atoms in total. The maximum absolute atomic E-state index is 12.4. The van der Waals surface area contributed by atoms with Crippen LogP contribution in [0.2, 0.25) is 0 Å². The fraction of sp³-hybridized carbons (Fsp3) is 0.360. The van der Waals surface area contributed by atoms with E-state index in [1.165, 1.54) is 6.42 Å². The summed E-state index contributed by atoms with van der Waals surface area (Å²) in [5, 5.41) is 1.40. The molecule has 0 bridgehead atoms. The monoisotopic (exact) mass is 410 g/mol. The van der Waals surface area contributed by atoms with Crippen molar-refractivity contribution in [3.63, 3.8) is 0 Å². The Bertz CT molecular complexity index is 1080. The minimum absolute atomic E-state index is 0.0648. The second-order valence-corrected chi connectivity index (χ2v) is 9.65. The first-order valence-electron chi connectivity index (χ1n) is 10.4. The van der Waals surface area contributed by atoms with Crippen LogP contribution in [0.4, 0.5) is 0 Å². The van der Waals surface area contributed by atoms with Crippen LogP contribution in [0.5, 0.6) is 0 Å². The fourth-order valence-corrected chi connectivity index (χ4v) is 4.91. The van der Waals surface area contributed by atoms with Crippen LogP contribution >= 0.6 is 0 Å². The van der Waals surface area contributed by atoms with Crippen molar-refractivity contribution in [1.29, 1.82) is 0 Å². The minimum Gasteiger partial charge on any atom is -0.282 e. The number of hydrogen-bond acceptors (Lipinski definition) is 2. The van der Waals surface area contributed by atoms with Crippen LogP contribution in [-0.4, -0.2) is 13.0 Å². The van der Waals surface area contributed by atoms with Gasteiger partial charge in [-0.15, -0.1) is 0 Å². The lowest BCUT2D eigenvalue weighted by Crippen LogP contribution is -2.07. The van der Waals surface area contributed by atoms with E-state index < -0.39 is 10.1 Å². The van der Waals surface area contributed by atoms with Crippen LogP contribution in [0.25, 0.3) is 21.9 Å². The number of benzene rings is 3. The molecule has 0 unspecified atom stereocenters. The molecule has 0 saturated heterocycles. The molecule has 3 rings (SSSR count). The van der Waals surface area contributed by atoms with Gasteiger partial charge in [0.15, 0.2) is 0 Å². The average molecular weight is 411 g/mol. The lowest BCUT2D eigenvalue weighted by atomic mass is 9.91. The SMILES string of the molecule is Cc1ccc(-c2cc3ccccc3c(S(=O)(=O)O)c2CCCCCC(C)C)cc1. The summed E-state index contributed by atoms with van der Waals surface area (Å²) in [6.45, 7) is 6.47. The third kappa shape index (κ3) is 5.26. The topological polar surface area (TPSA) is 54.4 Å². The molecule has 0 amide bonds. The van der Waals surface area contributed by atoms with Gasteiger partial charge in [-0.25, -0.2) is 0 Å². The Morgan fingerprint density at radius 1 is 0.931 bits per heavy atom. The van der Waals surface area contributed by atoms with E-state index in [2.05, 4.69) is 19.9 Å². The highest BCUT2D eigenvalue weighted by atomic mass is 32.2. The van der Waals surface area contributed by atoms with E-state index in [0.29, 0.717) is 17.7 Å². The van der Waals surface area contributed by atoms with Crippen molar-refractivity contribution in [2.75, 3.05) is 0 Å². The summed E-state index contributed by atoms with van der Waals surface area (Å²) in [4.78, 5) is 0.0648. The Hall–Kier alpha value is -2.17. The number of fused-ring (bicyclic) bond motifs is 1. The van der Waals surface area contributed by atoms with Gasteiger partial charge in [-0.05, 0) is 53.8 Å². The Kier molecular flexibility index (Phi) is 6.76. The van der Waals surface area contributed by atoms with Crippen molar-refractivity contribution >= 4 is 20.9 Å². The number of aryl methyl sites for hydroxylation is 1. The molecule has 0 aromatic heterocycles. The van der Waals surface area contributed by atoms with Crippen molar-refractivity contribution < 1.29 is 13.0 Å². The molecular weight excluding hydrogens is 380 g/mol. The molecular formula is C25H30O3S. The third-order valence-electron chi connectivity index (χ3n) is 5.43. The molecule has 0 aliphatic carbocycles. The molecule has 0 fully saturated rings. The molecule has 0 atom stereocenters. The van der Waals surface area contributed by atoms with E-state index in [1.54, 1.807) is 6.07 Å². The average Bonchev–Trinajstić information content (AvgIpc) is 2.66. The zero-order valence-electron chi connectivity index (χ0n) is 17.5. The second kappa shape index (κ2) is 9.10. The number of rotatable bonds is 8. The van der Waals surface area contributed by atoms with Crippen LogP contribution in [0.15, 0.2) is 59.5 Å². The summed E-state index contributed by atoms with van der Waals surface area (Å²) in [7, 11) is -4.35. The van der Waals surface area contributed by atoms with E-state index in [0.717, 1.165) is 46.9 Å². The van der Waals surface area contributed by atoms with Crippen molar-refractivity contribution in [3.05, 3.63) is 65.7 Å². The second-order valence-electron chi connectivity index (χ2n) is 8.29. The Morgan fingerprint density at radius 3 is 2.28 bits per heavy atom. The number of unbranched alkanes of at least 4 members (excludes halogenated alkanes) is 2. The zero-order chi connectivity index (χ0) is 21.0. The van der Waals surface area contributed by atoms with E-state index in [4.69, 9.17) is 0 Å². The molecule has 29 heavy (non-hydrogen) atoms. The van der Waals surface area contributed by atoms with Gasteiger partial charge >= 0.3 is 0 Å². The molecule has 0 aliphatic rings.